The summed E-state index contributed by atoms with van der Waals surface area (Å²) < 4.78 is 0. The Morgan fingerprint density at radius 2 is 1.02 bits per heavy atom. The smallest absolute Gasteiger partial charge is 0.110 e. The number of nitrogens with one attached hydrogen (secondary N) is 3. The molecule has 203 valence electrons. The average Bonchev–Trinajstić information content (AvgIpc) is 3.69. The number of rotatable bonds is 3. The number of nitrogens with zero attached hydrogens (tertiary/aromatic N) is 7. The third kappa shape index (κ3) is 8.63. The van der Waals surface area contributed by atoms with E-state index in [-0.39, 0.29) is 25.2 Å². The van der Waals surface area contributed by atoms with Gasteiger partial charge in [-0.05, 0) is 75.7 Å². The van der Waals surface area contributed by atoms with Gasteiger partial charge in [-0.2, -0.15) is 20.6 Å². The van der Waals surface area contributed by atoms with Crippen molar-refractivity contribution in [2.24, 2.45) is 0 Å². The van der Waals surface area contributed by atoms with E-state index in [1.807, 2.05) is 63.2 Å². The van der Waals surface area contributed by atoms with E-state index < -0.39 is 0 Å². The van der Waals surface area contributed by atoms with Gasteiger partial charge in [0.1, 0.15) is 17.3 Å². The molecule has 0 fully saturated rings. The highest BCUT2D eigenvalue weighted by Gasteiger charge is 2.10. The van der Waals surface area contributed by atoms with Crippen molar-refractivity contribution in [1.29, 1.82) is 5.26 Å². The Morgan fingerprint density at radius 1 is 0.571 bits per heavy atom. The van der Waals surface area contributed by atoms with Crippen molar-refractivity contribution in [3.05, 3.63) is 108 Å². The maximum atomic E-state index is 8.92. The van der Waals surface area contributed by atoms with E-state index in [0.29, 0.717) is 11.3 Å². The third-order valence-electron chi connectivity index (χ3n) is 5.90. The second kappa shape index (κ2) is 16.8. The van der Waals surface area contributed by atoms with Crippen LogP contribution in [0.5, 0.6) is 0 Å². The minimum absolute atomic E-state index is 0. The molecule has 0 unspecified atom stereocenters. The normalized spacial score (nSPS) is 9.31. The molecule has 0 aliphatic carbocycles. The van der Waals surface area contributed by atoms with Crippen LogP contribution in [0.2, 0.25) is 0 Å². The van der Waals surface area contributed by atoms with Crippen LogP contribution in [0.15, 0.2) is 79.6 Å². The molecule has 0 bridgehead atoms. The first-order chi connectivity index (χ1) is 19.0. The molecule has 6 rings (SSSR count). The molecule has 6 aromatic rings. The Morgan fingerprint density at radius 3 is 1.45 bits per heavy atom. The number of H-pyrrole nitrogens is 3. The summed E-state index contributed by atoms with van der Waals surface area (Å²) in [7, 11) is 0. The number of hydrogen-bond acceptors (Lipinski definition) is 7. The molecule has 6 heterocycles. The highest BCUT2D eigenvalue weighted by Crippen LogP contribution is 2.22. The zero-order valence-corrected chi connectivity index (χ0v) is 23.9. The van der Waals surface area contributed by atoms with Crippen LogP contribution >= 0.6 is 0 Å². The van der Waals surface area contributed by atoms with Crippen LogP contribution in [0, 0.1) is 39.0 Å². The molecular weight excluding hydrogens is 521 g/mol. The van der Waals surface area contributed by atoms with Gasteiger partial charge in [0.05, 0.1) is 17.1 Å². The molecular formula is C29H28B3N10. The van der Waals surface area contributed by atoms with Crippen molar-refractivity contribution in [3.63, 3.8) is 0 Å². The Bertz CT molecular complexity index is 1660. The van der Waals surface area contributed by atoms with Crippen molar-refractivity contribution in [2.75, 3.05) is 0 Å². The average molecular weight is 549 g/mol. The van der Waals surface area contributed by atoms with Gasteiger partial charge in [-0.25, -0.2) is 0 Å². The Labute approximate surface area is 251 Å². The first kappa shape index (κ1) is 34.8. The van der Waals surface area contributed by atoms with E-state index in [0.717, 1.165) is 45.2 Å². The summed E-state index contributed by atoms with van der Waals surface area (Å²) in [5.74, 6) is 0. The van der Waals surface area contributed by atoms with Gasteiger partial charge in [0, 0.05) is 90.5 Å². The first-order valence-corrected chi connectivity index (χ1v) is 12.2. The molecule has 13 heteroatoms. The summed E-state index contributed by atoms with van der Waals surface area (Å²) in [6.45, 7) is 7.90. The molecule has 0 aromatic carbocycles. The van der Waals surface area contributed by atoms with Gasteiger partial charge in [0.15, 0.2) is 0 Å². The quantitative estimate of drug-likeness (QED) is 0.278. The molecule has 0 amide bonds. The number of aryl methyl sites for hydroxylation is 3. The molecule has 10 nitrogen and oxygen atoms in total. The van der Waals surface area contributed by atoms with E-state index in [1.165, 1.54) is 5.56 Å². The van der Waals surface area contributed by atoms with Gasteiger partial charge in [-0.3, -0.25) is 30.2 Å². The predicted molar refractivity (Wildman–Crippen MR) is 166 cm³/mol. The minimum atomic E-state index is 0. The van der Waals surface area contributed by atoms with E-state index >= 15 is 0 Å². The molecule has 3 N–H and O–H groups in total. The van der Waals surface area contributed by atoms with Gasteiger partial charge in [0.2, 0.25) is 0 Å². The number of pyridine rings is 3. The molecule has 42 heavy (non-hydrogen) atoms. The molecule has 0 saturated heterocycles. The van der Waals surface area contributed by atoms with Crippen molar-refractivity contribution >= 4 is 25.2 Å². The largest absolute Gasteiger partial charge is 0.282 e. The van der Waals surface area contributed by atoms with E-state index in [2.05, 4.69) is 58.5 Å². The van der Waals surface area contributed by atoms with E-state index in [4.69, 9.17) is 5.26 Å². The molecule has 0 spiro atoms. The van der Waals surface area contributed by atoms with Crippen LogP contribution in [-0.4, -0.2) is 70.8 Å². The molecule has 0 saturated carbocycles. The fourth-order valence-corrected chi connectivity index (χ4v) is 3.65. The fraction of sp³-hybridized carbons (Fsp3) is 0.138. The Balaban J connectivity index is 0.000000305. The second-order valence-electron chi connectivity index (χ2n) is 8.65. The topological polar surface area (TPSA) is 148 Å². The first-order valence-electron chi connectivity index (χ1n) is 12.2. The summed E-state index contributed by atoms with van der Waals surface area (Å²) in [5, 5.41) is 30.0. The molecule has 0 atom stereocenters. The predicted octanol–water partition coefficient (Wildman–Crippen LogP) is 4.38. The van der Waals surface area contributed by atoms with Crippen molar-refractivity contribution in [1.82, 2.24) is 45.5 Å². The summed E-state index contributed by atoms with van der Waals surface area (Å²) >= 11 is 0. The lowest BCUT2D eigenvalue weighted by Crippen LogP contribution is -1.82. The second-order valence-corrected chi connectivity index (χ2v) is 8.65. The highest BCUT2D eigenvalue weighted by atomic mass is 15.1. The Kier molecular flexibility index (Phi) is 13.9. The van der Waals surface area contributed by atoms with Crippen LogP contribution in [0.1, 0.15) is 28.2 Å². The lowest BCUT2D eigenvalue weighted by Gasteiger charge is -1.96. The third-order valence-corrected chi connectivity index (χ3v) is 5.90. The number of aromatic amines is 3. The minimum Gasteiger partial charge on any atom is -0.282 e. The van der Waals surface area contributed by atoms with E-state index in [9.17, 15) is 0 Å². The zero-order chi connectivity index (χ0) is 27.6. The van der Waals surface area contributed by atoms with Crippen molar-refractivity contribution < 1.29 is 0 Å². The van der Waals surface area contributed by atoms with Crippen LogP contribution in [0.3, 0.4) is 0 Å². The van der Waals surface area contributed by atoms with Gasteiger partial charge in [-0.1, -0.05) is 0 Å². The summed E-state index contributed by atoms with van der Waals surface area (Å²) in [5.41, 5.74) is 10.5. The zero-order valence-electron chi connectivity index (χ0n) is 23.9. The molecule has 9 radical (unpaired) electrons. The van der Waals surface area contributed by atoms with Gasteiger partial charge in [0.25, 0.3) is 0 Å². The van der Waals surface area contributed by atoms with Gasteiger partial charge < -0.3 is 0 Å². The number of nitriles is 1. The Hall–Kier alpha value is -5.24. The summed E-state index contributed by atoms with van der Waals surface area (Å²) in [4.78, 5) is 11.8. The van der Waals surface area contributed by atoms with Crippen molar-refractivity contribution in [2.45, 2.75) is 27.7 Å². The number of hydrogen-bond donors (Lipinski definition) is 3. The highest BCUT2D eigenvalue weighted by molar-refractivity contribution is 5.76. The summed E-state index contributed by atoms with van der Waals surface area (Å²) in [6, 6.07) is 15.6. The van der Waals surface area contributed by atoms with Crippen LogP contribution in [-0.2, 0) is 0 Å². The van der Waals surface area contributed by atoms with Crippen molar-refractivity contribution in [3.8, 4) is 39.8 Å². The molecule has 0 aliphatic heterocycles. The van der Waals surface area contributed by atoms with Gasteiger partial charge >= 0.3 is 0 Å². The monoisotopic (exact) mass is 549 g/mol. The van der Waals surface area contributed by atoms with E-state index in [1.54, 1.807) is 37.2 Å². The van der Waals surface area contributed by atoms with Crippen LogP contribution in [0.25, 0.3) is 33.8 Å². The van der Waals surface area contributed by atoms with Crippen LogP contribution in [0.4, 0.5) is 0 Å². The number of aromatic nitrogens is 9. The molecule has 6 aromatic heterocycles. The maximum Gasteiger partial charge on any atom is 0.110 e. The summed E-state index contributed by atoms with van der Waals surface area (Å²) in [6.07, 6.45) is 10.4. The standard InChI is InChI=1S/C10H8N4.C10H11N3.C9H9N3.3B/c1-7-9(6-11)10(14-13-7)8-2-4-12-5-3-8;1-7-8(2)12-13-10(7)9-3-5-11-6-4-9;1-7-6-9(12-11-7)8-2-4-10-5-3-8;;;/h2-5H,1H3,(H,13,14);3-6H,1-2H3,(H,12,13);2-6H,1H3,(H,11,12);;;. The lowest BCUT2D eigenvalue weighted by atomic mass is 10.1. The van der Waals surface area contributed by atoms with Gasteiger partial charge in [-0.15, -0.1) is 0 Å². The molecule has 0 aliphatic rings. The maximum absolute atomic E-state index is 8.92. The van der Waals surface area contributed by atoms with Crippen LogP contribution < -0.4 is 0 Å². The lowest BCUT2D eigenvalue weighted by molar-refractivity contribution is 1.05. The fourth-order valence-electron chi connectivity index (χ4n) is 3.65. The SMILES string of the molecule is Cc1[nH]nc(-c2ccncc2)c1C.Cc1[nH]nc(-c2ccncc2)c1C#N.Cc1cc(-c2ccncc2)n[nH]1.[B].[B].[B].